The Kier molecular flexibility index (Phi) is 3.08. The number of rotatable bonds is 2. The lowest BCUT2D eigenvalue weighted by Gasteiger charge is -2.13. The highest BCUT2D eigenvalue weighted by molar-refractivity contribution is 5.81. The molecule has 1 aliphatic rings. The van der Waals surface area contributed by atoms with Gasteiger partial charge in [0.1, 0.15) is 5.82 Å². The van der Waals surface area contributed by atoms with Crippen LogP contribution >= 0.6 is 0 Å². The third-order valence-electron chi connectivity index (χ3n) is 3.87. The van der Waals surface area contributed by atoms with Crippen molar-refractivity contribution in [2.45, 2.75) is 32.2 Å². The van der Waals surface area contributed by atoms with Crippen molar-refractivity contribution in [1.82, 2.24) is 4.98 Å². The Labute approximate surface area is 113 Å². The molecule has 1 aromatic carbocycles. The first-order valence-corrected chi connectivity index (χ1v) is 6.82. The van der Waals surface area contributed by atoms with Crippen LogP contribution in [-0.2, 0) is 0 Å². The molecule has 2 unspecified atom stereocenters. The van der Waals surface area contributed by atoms with Crippen LogP contribution < -0.4 is 5.32 Å². The first-order valence-electron chi connectivity index (χ1n) is 6.82. The van der Waals surface area contributed by atoms with Gasteiger partial charge in [0.2, 0.25) is 0 Å². The molecule has 2 aromatic rings. The molecule has 1 N–H and O–H groups in total. The Hall–Kier alpha value is -2.08. The molecule has 1 heterocycles. The predicted molar refractivity (Wildman–Crippen MR) is 76.9 cm³/mol. The minimum atomic E-state index is 0.554. The quantitative estimate of drug-likeness (QED) is 0.885. The molecular formula is C16H17N3. The molecule has 1 fully saturated rings. The molecule has 0 aliphatic heterocycles. The maximum Gasteiger partial charge on any atom is 0.126 e. The highest BCUT2D eigenvalue weighted by Gasteiger charge is 2.21. The predicted octanol–water partition coefficient (Wildman–Crippen LogP) is 3.71. The Morgan fingerprint density at radius 2 is 2.16 bits per heavy atom. The number of anilines is 1. The van der Waals surface area contributed by atoms with Crippen LogP contribution in [0.25, 0.3) is 10.9 Å². The van der Waals surface area contributed by atoms with Crippen molar-refractivity contribution in [1.29, 1.82) is 5.26 Å². The van der Waals surface area contributed by atoms with Gasteiger partial charge in [-0.25, -0.2) is 4.98 Å². The molecule has 3 rings (SSSR count). The molecule has 0 radical (unpaired) electrons. The fraction of sp³-hybridized carbons (Fsp3) is 0.375. The highest BCUT2D eigenvalue weighted by atomic mass is 15.0. The topological polar surface area (TPSA) is 48.7 Å². The largest absolute Gasteiger partial charge is 0.367 e. The molecule has 3 heteroatoms. The van der Waals surface area contributed by atoms with Gasteiger partial charge in [-0.3, -0.25) is 0 Å². The number of nitriles is 1. The summed E-state index contributed by atoms with van der Waals surface area (Å²) in [6.45, 7) is 2.30. The lowest BCUT2D eigenvalue weighted by Crippen LogP contribution is -2.16. The minimum Gasteiger partial charge on any atom is -0.367 e. The van der Waals surface area contributed by atoms with E-state index in [1.165, 1.54) is 19.3 Å². The van der Waals surface area contributed by atoms with E-state index >= 15 is 0 Å². The standard InChI is InChI=1S/C16H17N3/c1-11-2-5-14(8-11)18-16-7-4-13-9-12(10-17)3-6-15(13)19-16/h3-4,6-7,9,11,14H,2,5,8H2,1H3,(H,18,19). The molecule has 0 spiro atoms. The third kappa shape index (κ3) is 2.53. The summed E-state index contributed by atoms with van der Waals surface area (Å²) in [5.74, 6) is 1.76. The summed E-state index contributed by atoms with van der Waals surface area (Å²) in [6.07, 6.45) is 3.76. The summed E-state index contributed by atoms with van der Waals surface area (Å²) < 4.78 is 0. The number of hydrogen-bond donors (Lipinski definition) is 1. The van der Waals surface area contributed by atoms with Crippen LogP contribution in [0, 0.1) is 17.2 Å². The minimum absolute atomic E-state index is 0.554. The third-order valence-corrected chi connectivity index (χ3v) is 3.87. The number of fused-ring (bicyclic) bond motifs is 1. The van der Waals surface area contributed by atoms with Crippen LogP contribution in [0.3, 0.4) is 0 Å². The fourth-order valence-corrected chi connectivity index (χ4v) is 2.82. The van der Waals surface area contributed by atoms with Gasteiger partial charge in [-0.2, -0.15) is 5.26 Å². The summed E-state index contributed by atoms with van der Waals surface area (Å²) >= 11 is 0. The first-order chi connectivity index (χ1) is 9.24. The van der Waals surface area contributed by atoms with Gasteiger partial charge in [-0.05, 0) is 55.5 Å². The fourth-order valence-electron chi connectivity index (χ4n) is 2.82. The van der Waals surface area contributed by atoms with Gasteiger partial charge in [0.05, 0.1) is 17.1 Å². The Bertz CT molecular complexity index is 642. The van der Waals surface area contributed by atoms with Gasteiger partial charge in [-0.15, -0.1) is 0 Å². The number of hydrogen-bond acceptors (Lipinski definition) is 3. The molecule has 0 bridgehead atoms. The molecular weight excluding hydrogens is 234 g/mol. The van der Waals surface area contributed by atoms with Crippen molar-refractivity contribution in [2.24, 2.45) is 5.92 Å². The molecule has 3 nitrogen and oxygen atoms in total. The summed E-state index contributed by atoms with van der Waals surface area (Å²) in [5.41, 5.74) is 1.62. The van der Waals surface area contributed by atoms with E-state index in [-0.39, 0.29) is 0 Å². The van der Waals surface area contributed by atoms with E-state index in [4.69, 9.17) is 5.26 Å². The zero-order chi connectivity index (χ0) is 13.2. The van der Waals surface area contributed by atoms with E-state index in [0.717, 1.165) is 22.6 Å². The van der Waals surface area contributed by atoms with Gasteiger partial charge in [0, 0.05) is 11.4 Å². The molecule has 19 heavy (non-hydrogen) atoms. The van der Waals surface area contributed by atoms with Crippen LogP contribution in [0.4, 0.5) is 5.82 Å². The lowest BCUT2D eigenvalue weighted by molar-refractivity contribution is 0.602. The normalized spacial score (nSPS) is 22.3. The lowest BCUT2D eigenvalue weighted by atomic mass is 10.1. The van der Waals surface area contributed by atoms with Crippen LogP contribution in [-0.4, -0.2) is 11.0 Å². The number of nitrogens with zero attached hydrogens (tertiary/aromatic N) is 2. The maximum absolute atomic E-state index is 8.88. The molecule has 1 aliphatic carbocycles. The van der Waals surface area contributed by atoms with E-state index in [1.54, 1.807) is 0 Å². The van der Waals surface area contributed by atoms with Crippen molar-refractivity contribution in [3.8, 4) is 6.07 Å². The molecule has 96 valence electrons. The summed E-state index contributed by atoms with van der Waals surface area (Å²) in [5, 5.41) is 13.4. The van der Waals surface area contributed by atoms with Gasteiger partial charge >= 0.3 is 0 Å². The highest BCUT2D eigenvalue weighted by Crippen LogP contribution is 2.27. The molecule has 1 aromatic heterocycles. The molecule has 1 saturated carbocycles. The monoisotopic (exact) mass is 251 g/mol. The Morgan fingerprint density at radius 1 is 1.26 bits per heavy atom. The Balaban J connectivity index is 1.84. The second kappa shape index (κ2) is 4.89. The number of pyridine rings is 1. The van der Waals surface area contributed by atoms with E-state index in [1.807, 2.05) is 30.3 Å². The second-order valence-electron chi connectivity index (χ2n) is 5.48. The zero-order valence-electron chi connectivity index (χ0n) is 11.1. The maximum atomic E-state index is 8.88. The van der Waals surface area contributed by atoms with Crippen LogP contribution in [0.5, 0.6) is 0 Å². The number of benzene rings is 1. The zero-order valence-corrected chi connectivity index (χ0v) is 11.1. The first kappa shape index (κ1) is 12.0. The van der Waals surface area contributed by atoms with Gasteiger partial charge in [0.25, 0.3) is 0 Å². The van der Waals surface area contributed by atoms with Crippen molar-refractivity contribution >= 4 is 16.7 Å². The van der Waals surface area contributed by atoms with Gasteiger partial charge < -0.3 is 5.32 Å². The number of aromatic nitrogens is 1. The smallest absolute Gasteiger partial charge is 0.126 e. The van der Waals surface area contributed by atoms with Gasteiger partial charge in [0.15, 0.2) is 0 Å². The summed E-state index contributed by atoms with van der Waals surface area (Å²) in [4.78, 5) is 4.62. The molecule has 0 saturated heterocycles. The molecule has 2 atom stereocenters. The van der Waals surface area contributed by atoms with Crippen LogP contribution in [0.2, 0.25) is 0 Å². The molecule has 0 amide bonds. The summed E-state index contributed by atoms with van der Waals surface area (Å²) in [7, 11) is 0. The van der Waals surface area contributed by atoms with Crippen molar-refractivity contribution in [3.05, 3.63) is 35.9 Å². The van der Waals surface area contributed by atoms with E-state index in [9.17, 15) is 0 Å². The second-order valence-corrected chi connectivity index (χ2v) is 5.48. The number of nitrogens with one attached hydrogen (secondary N) is 1. The van der Waals surface area contributed by atoms with Gasteiger partial charge in [-0.1, -0.05) is 6.92 Å². The van der Waals surface area contributed by atoms with Crippen LogP contribution in [0.1, 0.15) is 31.7 Å². The van der Waals surface area contributed by atoms with E-state index < -0.39 is 0 Å². The van der Waals surface area contributed by atoms with Crippen molar-refractivity contribution in [3.63, 3.8) is 0 Å². The summed E-state index contributed by atoms with van der Waals surface area (Å²) in [6, 6.07) is 12.4. The Morgan fingerprint density at radius 3 is 2.89 bits per heavy atom. The van der Waals surface area contributed by atoms with E-state index in [2.05, 4.69) is 23.3 Å². The average molecular weight is 251 g/mol. The SMILES string of the molecule is CC1CCC(Nc2ccc3cc(C#N)ccc3n2)C1. The van der Waals surface area contributed by atoms with Crippen molar-refractivity contribution < 1.29 is 0 Å². The van der Waals surface area contributed by atoms with E-state index in [0.29, 0.717) is 11.6 Å². The average Bonchev–Trinajstić information content (AvgIpc) is 2.83. The van der Waals surface area contributed by atoms with Crippen LogP contribution in [0.15, 0.2) is 30.3 Å². The van der Waals surface area contributed by atoms with Crippen molar-refractivity contribution in [2.75, 3.05) is 5.32 Å².